The molecule has 0 heterocycles. The molecule has 0 bridgehead atoms. The van der Waals surface area contributed by atoms with Crippen molar-refractivity contribution in [3.05, 3.63) is 0 Å². The van der Waals surface area contributed by atoms with E-state index in [0.717, 1.165) is 0 Å². The molecule has 0 saturated heterocycles. The number of aliphatic hydroxyl groups excluding tert-OH is 5. The van der Waals surface area contributed by atoms with Crippen molar-refractivity contribution < 1.29 is 25.5 Å². The van der Waals surface area contributed by atoms with Gasteiger partial charge in [-0.2, -0.15) is 0 Å². The Labute approximate surface area is 99.7 Å². The second kappa shape index (κ2) is 9.65. The fourth-order valence-electron chi connectivity index (χ4n) is 1.55. The van der Waals surface area contributed by atoms with Crippen molar-refractivity contribution in [2.45, 2.75) is 5.91 Å². The maximum atomic E-state index is 8.94. The van der Waals surface area contributed by atoms with Gasteiger partial charge in [-0.15, -0.1) is 0 Å². The summed E-state index contributed by atoms with van der Waals surface area (Å²) in [6.45, 7) is -1.36. The summed E-state index contributed by atoms with van der Waals surface area (Å²) in [7, 11) is 0. The zero-order valence-electron chi connectivity index (χ0n) is 9.63. The molecule has 0 radical (unpaired) electrons. The molecule has 0 fully saturated rings. The molecule has 0 aliphatic carbocycles. The Hall–Kier alpha value is -0.360. The number of aliphatic hydroxyl groups is 5. The van der Waals surface area contributed by atoms with Crippen molar-refractivity contribution >= 4 is 0 Å². The van der Waals surface area contributed by atoms with E-state index in [4.69, 9.17) is 25.5 Å². The molecule has 9 heteroatoms. The van der Waals surface area contributed by atoms with E-state index < -0.39 is 26.1 Å². The Morgan fingerprint density at radius 3 is 1.29 bits per heavy atom. The second-order valence-corrected chi connectivity index (χ2v) is 3.15. The van der Waals surface area contributed by atoms with Gasteiger partial charge >= 0.3 is 0 Å². The van der Waals surface area contributed by atoms with Crippen molar-refractivity contribution in [2.75, 3.05) is 46.5 Å². The number of nitrogens with zero attached hydrogens (tertiary/aromatic N) is 1. The molecule has 0 rings (SSSR count). The van der Waals surface area contributed by atoms with Gasteiger partial charge in [0.2, 0.25) is 0 Å². The lowest BCUT2D eigenvalue weighted by Crippen LogP contribution is -2.76. The maximum Gasteiger partial charge on any atom is 0.189 e. The van der Waals surface area contributed by atoms with Crippen LogP contribution >= 0.6 is 0 Å². The predicted octanol–water partition coefficient (Wildman–Crippen LogP) is -4.50. The monoisotopic (exact) mass is 254 g/mol. The normalized spacial score (nSPS) is 12.4. The molecule has 0 aliphatic heterocycles. The highest BCUT2D eigenvalue weighted by molar-refractivity contribution is 4.81. The lowest BCUT2D eigenvalue weighted by atomic mass is 10.4. The van der Waals surface area contributed by atoms with Crippen LogP contribution in [0.4, 0.5) is 0 Å². The minimum Gasteiger partial charge on any atom is -0.395 e. The third-order valence-corrected chi connectivity index (χ3v) is 2.22. The van der Waals surface area contributed by atoms with E-state index in [1.165, 1.54) is 4.90 Å². The Bertz CT molecular complexity index is 162. The van der Waals surface area contributed by atoms with E-state index in [-0.39, 0.29) is 26.3 Å². The van der Waals surface area contributed by atoms with Crippen LogP contribution in [0.5, 0.6) is 0 Å². The van der Waals surface area contributed by atoms with Crippen LogP contribution in [-0.2, 0) is 0 Å². The largest absolute Gasteiger partial charge is 0.395 e. The molecule has 17 heavy (non-hydrogen) atoms. The summed E-state index contributed by atoms with van der Waals surface area (Å²) in [5.74, 6) is -1.32. The summed E-state index contributed by atoms with van der Waals surface area (Å²) in [5.41, 5.74) is 0. The average Bonchev–Trinajstić information content (AvgIpc) is 2.29. The fraction of sp³-hybridized carbons (Fsp3) is 1.00. The SMILES string of the molecule is OCCN(CCO)C(NCO)(NCO)NCO. The smallest absolute Gasteiger partial charge is 0.189 e. The molecule has 0 atom stereocenters. The molecule has 0 aliphatic rings. The standard InChI is InChI=1S/C8H22N4O5/c13-3-1-12(2-4-14)8(9-5-15,10-6-16)11-7-17/h9-11,13-17H,1-7H2. The summed E-state index contributed by atoms with van der Waals surface area (Å²) in [6, 6.07) is 0. The first-order valence-corrected chi connectivity index (χ1v) is 5.25. The van der Waals surface area contributed by atoms with E-state index in [0.29, 0.717) is 0 Å². The molecule has 104 valence electrons. The van der Waals surface area contributed by atoms with Gasteiger partial charge in [-0.3, -0.25) is 20.9 Å². The molecule has 0 unspecified atom stereocenters. The summed E-state index contributed by atoms with van der Waals surface area (Å²) in [4.78, 5) is 1.50. The number of nitrogens with one attached hydrogen (secondary N) is 3. The molecule has 0 aromatic carbocycles. The van der Waals surface area contributed by atoms with Crippen molar-refractivity contribution in [1.82, 2.24) is 20.9 Å². The molecular weight excluding hydrogens is 232 g/mol. The van der Waals surface area contributed by atoms with Gasteiger partial charge in [-0.05, 0) is 0 Å². The number of hydrogen-bond donors (Lipinski definition) is 8. The minimum atomic E-state index is -1.32. The van der Waals surface area contributed by atoms with E-state index in [1.54, 1.807) is 0 Å². The van der Waals surface area contributed by atoms with Gasteiger partial charge in [0.15, 0.2) is 5.91 Å². The van der Waals surface area contributed by atoms with Crippen LogP contribution < -0.4 is 16.0 Å². The van der Waals surface area contributed by atoms with Crippen LogP contribution in [-0.4, -0.2) is 82.8 Å². The highest BCUT2D eigenvalue weighted by Gasteiger charge is 2.34. The summed E-state index contributed by atoms with van der Waals surface area (Å²) >= 11 is 0. The van der Waals surface area contributed by atoms with Crippen molar-refractivity contribution in [1.29, 1.82) is 0 Å². The number of hydrogen-bond acceptors (Lipinski definition) is 9. The van der Waals surface area contributed by atoms with Gasteiger partial charge in [-0.25, -0.2) is 0 Å². The first kappa shape index (κ1) is 16.6. The third kappa shape index (κ3) is 5.21. The zero-order chi connectivity index (χ0) is 13.1. The molecule has 9 nitrogen and oxygen atoms in total. The van der Waals surface area contributed by atoms with E-state index in [2.05, 4.69) is 16.0 Å². The Morgan fingerprint density at radius 2 is 1.06 bits per heavy atom. The van der Waals surface area contributed by atoms with Crippen LogP contribution in [0.2, 0.25) is 0 Å². The van der Waals surface area contributed by atoms with Gasteiger partial charge < -0.3 is 25.5 Å². The van der Waals surface area contributed by atoms with E-state index in [1.807, 2.05) is 0 Å². The van der Waals surface area contributed by atoms with E-state index >= 15 is 0 Å². The highest BCUT2D eigenvalue weighted by atomic mass is 16.3. The topological polar surface area (TPSA) is 140 Å². The van der Waals surface area contributed by atoms with Crippen LogP contribution in [0.25, 0.3) is 0 Å². The highest BCUT2D eigenvalue weighted by Crippen LogP contribution is 2.04. The predicted molar refractivity (Wildman–Crippen MR) is 59.1 cm³/mol. The Kier molecular flexibility index (Phi) is 9.44. The van der Waals surface area contributed by atoms with Crippen LogP contribution in [0.3, 0.4) is 0 Å². The number of rotatable bonds is 11. The van der Waals surface area contributed by atoms with Crippen molar-refractivity contribution in [3.63, 3.8) is 0 Å². The lowest BCUT2D eigenvalue weighted by Gasteiger charge is -2.44. The van der Waals surface area contributed by atoms with Crippen LogP contribution in [0.15, 0.2) is 0 Å². The molecule has 0 saturated carbocycles. The van der Waals surface area contributed by atoms with Gasteiger partial charge in [-0.1, -0.05) is 0 Å². The van der Waals surface area contributed by atoms with Gasteiger partial charge in [0.1, 0.15) is 0 Å². The van der Waals surface area contributed by atoms with Crippen LogP contribution in [0, 0.1) is 0 Å². The summed E-state index contributed by atoms with van der Waals surface area (Å²) < 4.78 is 0. The zero-order valence-corrected chi connectivity index (χ0v) is 9.63. The molecular formula is C8H22N4O5. The molecule has 0 aromatic rings. The van der Waals surface area contributed by atoms with Crippen molar-refractivity contribution in [3.8, 4) is 0 Å². The molecule has 0 amide bonds. The molecule has 8 N–H and O–H groups in total. The second-order valence-electron chi connectivity index (χ2n) is 3.15. The fourth-order valence-corrected chi connectivity index (χ4v) is 1.55. The Morgan fingerprint density at radius 1 is 0.706 bits per heavy atom. The molecule has 0 spiro atoms. The Balaban J connectivity index is 4.87. The van der Waals surface area contributed by atoms with Crippen molar-refractivity contribution in [2.24, 2.45) is 0 Å². The molecule has 0 aromatic heterocycles. The first-order valence-electron chi connectivity index (χ1n) is 5.25. The van der Waals surface area contributed by atoms with Gasteiger partial charge in [0, 0.05) is 13.1 Å². The quantitative estimate of drug-likeness (QED) is 0.171. The van der Waals surface area contributed by atoms with Gasteiger partial charge in [0.25, 0.3) is 0 Å². The summed E-state index contributed by atoms with van der Waals surface area (Å²) in [6.07, 6.45) is 0. The third-order valence-electron chi connectivity index (χ3n) is 2.22. The minimum absolute atomic E-state index is 0.160. The van der Waals surface area contributed by atoms with E-state index in [9.17, 15) is 0 Å². The first-order chi connectivity index (χ1) is 8.20. The average molecular weight is 254 g/mol. The maximum absolute atomic E-state index is 8.94. The lowest BCUT2D eigenvalue weighted by molar-refractivity contribution is -0.0677. The van der Waals surface area contributed by atoms with Crippen LogP contribution in [0.1, 0.15) is 0 Å². The summed E-state index contributed by atoms with van der Waals surface area (Å²) in [5, 5.41) is 52.4. The van der Waals surface area contributed by atoms with Gasteiger partial charge in [0.05, 0.1) is 33.4 Å².